The normalized spacial score (nSPS) is 34.8. The van der Waals surface area contributed by atoms with Gasteiger partial charge < -0.3 is 16.2 Å². The molecular formula is C23H27ClN2O2. The van der Waals surface area contributed by atoms with Gasteiger partial charge in [0.1, 0.15) is 5.75 Å². The van der Waals surface area contributed by atoms with Crippen LogP contribution in [0.3, 0.4) is 0 Å². The number of carbonyl (C=O) groups excluding carboxylic acids is 1. The molecule has 1 aliphatic heterocycles. The molecule has 5 atom stereocenters. The van der Waals surface area contributed by atoms with E-state index in [0.717, 1.165) is 17.5 Å². The van der Waals surface area contributed by atoms with Gasteiger partial charge >= 0.3 is 0 Å². The van der Waals surface area contributed by atoms with Gasteiger partial charge in [0.15, 0.2) is 0 Å². The number of rotatable bonds is 2. The van der Waals surface area contributed by atoms with Crippen LogP contribution in [0, 0.1) is 12.3 Å². The third kappa shape index (κ3) is 2.58. The Bertz CT molecular complexity index is 929. The van der Waals surface area contributed by atoms with E-state index in [2.05, 4.69) is 36.5 Å². The number of benzene rings is 2. The summed E-state index contributed by atoms with van der Waals surface area (Å²) < 4.78 is 0. The largest absolute Gasteiger partial charge is 0.508 e. The van der Waals surface area contributed by atoms with Crippen molar-refractivity contribution in [1.29, 1.82) is 0 Å². The van der Waals surface area contributed by atoms with Gasteiger partial charge in [-0.1, -0.05) is 47.5 Å². The van der Waals surface area contributed by atoms with Crippen LogP contribution >= 0.6 is 11.6 Å². The predicted molar refractivity (Wildman–Crippen MR) is 112 cm³/mol. The molecule has 28 heavy (non-hydrogen) atoms. The molecule has 1 amide bonds. The van der Waals surface area contributed by atoms with E-state index in [9.17, 15) is 9.90 Å². The van der Waals surface area contributed by atoms with Crippen molar-refractivity contribution < 1.29 is 9.90 Å². The zero-order valence-corrected chi connectivity index (χ0v) is 17.3. The van der Waals surface area contributed by atoms with Gasteiger partial charge in [-0.3, -0.25) is 4.79 Å². The third-order valence-corrected chi connectivity index (χ3v) is 7.54. The molecule has 1 saturated heterocycles. The number of nitrogens with two attached hydrogens (primary N) is 1. The smallest absolute Gasteiger partial charge is 0.228 e. The first-order valence-electron chi connectivity index (χ1n) is 9.83. The summed E-state index contributed by atoms with van der Waals surface area (Å²) in [4.78, 5) is 12.9. The Hall–Kier alpha value is -2.04. The Labute approximate surface area is 171 Å². The minimum absolute atomic E-state index is 0.0369. The number of hydrogen-bond donors (Lipinski definition) is 3. The molecule has 5 heteroatoms. The molecule has 1 saturated carbocycles. The fraction of sp³-hybridized carbons (Fsp3) is 0.435. The molecule has 2 aliphatic rings. The maximum Gasteiger partial charge on any atom is 0.228 e. The summed E-state index contributed by atoms with van der Waals surface area (Å²) in [7, 11) is 0. The lowest BCUT2D eigenvalue weighted by Gasteiger charge is -2.53. The van der Waals surface area contributed by atoms with E-state index in [1.165, 1.54) is 5.56 Å². The molecule has 148 valence electrons. The number of phenols is 1. The van der Waals surface area contributed by atoms with Gasteiger partial charge in [-0.25, -0.2) is 0 Å². The van der Waals surface area contributed by atoms with Gasteiger partial charge in [-0.15, -0.1) is 0 Å². The van der Waals surface area contributed by atoms with Crippen molar-refractivity contribution in [3.05, 3.63) is 64.2 Å². The first kappa shape index (κ1) is 19.3. The molecule has 4 rings (SSSR count). The summed E-state index contributed by atoms with van der Waals surface area (Å²) in [5, 5.41) is 13.5. The topological polar surface area (TPSA) is 75.3 Å². The highest BCUT2D eigenvalue weighted by Crippen LogP contribution is 2.60. The van der Waals surface area contributed by atoms with Crippen LogP contribution in [0.2, 0.25) is 5.02 Å². The van der Waals surface area contributed by atoms with E-state index in [1.807, 2.05) is 19.9 Å². The van der Waals surface area contributed by atoms with Crippen molar-refractivity contribution in [2.75, 3.05) is 0 Å². The standard InChI is InChI=1S/C23H27ClN2O2/c1-13-4-6-15(7-5-13)20-18(17-9-8-16(27)12-19(17)24)10-11-22(3)21(28)26-14(2)23(20,22)25/h4-9,12,14,18,20,27H,10-11,25H2,1-3H3,(H,26,28). The van der Waals surface area contributed by atoms with Crippen LogP contribution in [0.1, 0.15) is 55.2 Å². The van der Waals surface area contributed by atoms with E-state index < -0.39 is 11.0 Å². The fourth-order valence-corrected chi connectivity index (χ4v) is 5.78. The van der Waals surface area contributed by atoms with E-state index in [4.69, 9.17) is 17.3 Å². The third-order valence-electron chi connectivity index (χ3n) is 7.21. The van der Waals surface area contributed by atoms with Crippen molar-refractivity contribution in [2.45, 2.75) is 57.0 Å². The molecule has 0 bridgehead atoms. The zero-order valence-electron chi connectivity index (χ0n) is 16.5. The molecule has 0 aromatic heterocycles. The molecular weight excluding hydrogens is 372 g/mol. The Morgan fingerprint density at radius 2 is 1.89 bits per heavy atom. The fourth-order valence-electron chi connectivity index (χ4n) is 5.47. The number of halogens is 1. The van der Waals surface area contributed by atoms with Crippen molar-refractivity contribution >= 4 is 17.5 Å². The Morgan fingerprint density at radius 3 is 2.54 bits per heavy atom. The van der Waals surface area contributed by atoms with E-state index >= 15 is 0 Å². The number of carbonyl (C=O) groups is 1. The number of phenolic OH excluding ortho intramolecular Hbond substituents is 1. The number of hydrogen-bond acceptors (Lipinski definition) is 3. The van der Waals surface area contributed by atoms with Crippen LogP contribution in [0.15, 0.2) is 42.5 Å². The quantitative estimate of drug-likeness (QED) is 0.708. The maximum absolute atomic E-state index is 12.9. The highest BCUT2D eigenvalue weighted by atomic mass is 35.5. The van der Waals surface area contributed by atoms with Gasteiger partial charge in [-0.2, -0.15) is 0 Å². The molecule has 4 N–H and O–H groups in total. The molecule has 0 radical (unpaired) electrons. The summed E-state index contributed by atoms with van der Waals surface area (Å²) in [6.07, 6.45) is 1.50. The summed E-state index contributed by atoms with van der Waals surface area (Å²) in [6, 6.07) is 13.4. The maximum atomic E-state index is 12.9. The lowest BCUT2D eigenvalue weighted by molar-refractivity contribution is -0.130. The first-order chi connectivity index (χ1) is 13.2. The summed E-state index contributed by atoms with van der Waals surface area (Å²) in [6.45, 7) is 6.07. The Morgan fingerprint density at radius 1 is 1.21 bits per heavy atom. The molecule has 4 nitrogen and oxygen atoms in total. The molecule has 2 aromatic rings. The lowest BCUT2D eigenvalue weighted by atomic mass is 9.51. The van der Waals surface area contributed by atoms with E-state index in [1.54, 1.807) is 12.1 Å². The van der Waals surface area contributed by atoms with Crippen molar-refractivity contribution in [1.82, 2.24) is 5.32 Å². The monoisotopic (exact) mass is 398 g/mol. The molecule has 5 unspecified atom stereocenters. The average molecular weight is 399 g/mol. The van der Waals surface area contributed by atoms with Crippen molar-refractivity contribution in [2.24, 2.45) is 11.1 Å². The molecule has 2 fully saturated rings. The van der Waals surface area contributed by atoms with Crippen LogP contribution in [0.5, 0.6) is 5.75 Å². The molecule has 1 aliphatic carbocycles. The highest BCUT2D eigenvalue weighted by molar-refractivity contribution is 6.31. The minimum atomic E-state index is -0.747. The van der Waals surface area contributed by atoms with E-state index in [0.29, 0.717) is 11.4 Å². The van der Waals surface area contributed by atoms with Gasteiger partial charge in [0.2, 0.25) is 5.91 Å². The lowest BCUT2D eigenvalue weighted by Crippen LogP contribution is -2.65. The van der Waals surface area contributed by atoms with Crippen LogP contribution in [-0.4, -0.2) is 22.6 Å². The SMILES string of the molecule is Cc1ccc(C2C(c3ccc(O)cc3Cl)CCC3(C)C(=O)NC(C)C23N)cc1. The molecule has 1 heterocycles. The first-order valence-corrected chi connectivity index (χ1v) is 10.2. The number of nitrogens with one attached hydrogen (secondary N) is 1. The summed E-state index contributed by atoms with van der Waals surface area (Å²) in [5.74, 6) is 0.163. The van der Waals surface area contributed by atoms with Crippen molar-refractivity contribution in [3.63, 3.8) is 0 Å². The number of aryl methyl sites for hydroxylation is 1. The zero-order chi connectivity index (χ0) is 20.3. The van der Waals surface area contributed by atoms with Gasteiger partial charge in [0.05, 0.1) is 11.0 Å². The minimum Gasteiger partial charge on any atom is -0.508 e. The van der Waals surface area contributed by atoms with Crippen molar-refractivity contribution in [3.8, 4) is 5.75 Å². The summed E-state index contributed by atoms with van der Waals surface area (Å²) in [5.41, 5.74) is 9.07. The summed E-state index contributed by atoms with van der Waals surface area (Å²) >= 11 is 6.55. The second kappa shape index (κ2) is 6.50. The molecule has 2 aromatic carbocycles. The van der Waals surface area contributed by atoms with Gasteiger partial charge in [0, 0.05) is 17.0 Å². The predicted octanol–water partition coefficient (Wildman–Crippen LogP) is 4.24. The number of fused-ring (bicyclic) bond motifs is 1. The van der Waals surface area contributed by atoms with Gasteiger partial charge in [-0.05, 0) is 62.8 Å². The molecule has 0 spiro atoms. The highest BCUT2D eigenvalue weighted by Gasteiger charge is 2.66. The Balaban J connectivity index is 1.92. The van der Waals surface area contributed by atoms with Crippen LogP contribution in [-0.2, 0) is 4.79 Å². The Kier molecular flexibility index (Phi) is 4.48. The average Bonchev–Trinajstić information content (AvgIpc) is 2.82. The second-order valence-electron chi connectivity index (χ2n) is 8.70. The van der Waals surface area contributed by atoms with E-state index in [-0.39, 0.29) is 29.5 Å². The second-order valence-corrected chi connectivity index (χ2v) is 9.11. The number of amides is 1. The van der Waals surface area contributed by atoms with Crippen LogP contribution in [0.25, 0.3) is 0 Å². The van der Waals surface area contributed by atoms with Crippen LogP contribution < -0.4 is 11.1 Å². The van der Waals surface area contributed by atoms with Crippen LogP contribution in [0.4, 0.5) is 0 Å². The number of aromatic hydroxyl groups is 1. The van der Waals surface area contributed by atoms with Gasteiger partial charge in [0.25, 0.3) is 0 Å².